The highest BCUT2D eigenvalue weighted by atomic mass is 19.1. The van der Waals surface area contributed by atoms with Crippen LogP contribution in [0.25, 0.3) is 39.4 Å². The van der Waals surface area contributed by atoms with Gasteiger partial charge in [-0.25, -0.2) is 14.4 Å². The SMILES string of the molecule is Fc1ccc(-c2cnc3nc(-c4ccccc4)c(-c4ccccc4)cn23)cc1. The van der Waals surface area contributed by atoms with Crippen molar-refractivity contribution in [2.24, 2.45) is 0 Å². The van der Waals surface area contributed by atoms with E-state index in [1.54, 1.807) is 18.3 Å². The Labute approximate surface area is 161 Å². The quantitative estimate of drug-likeness (QED) is 0.400. The van der Waals surface area contributed by atoms with Crippen LogP contribution in [0.15, 0.2) is 97.3 Å². The highest BCUT2D eigenvalue weighted by Crippen LogP contribution is 2.32. The number of hydrogen-bond acceptors (Lipinski definition) is 2. The first-order valence-electron chi connectivity index (χ1n) is 9.04. The Morgan fingerprint density at radius 2 is 1.32 bits per heavy atom. The number of fused-ring (bicyclic) bond motifs is 1. The van der Waals surface area contributed by atoms with Crippen LogP contribution in [0.4, 0.5) is 4.39 Å². The molecular formula is C24H16FN3. The monoisotopic (exact) mass is 365 g/mol. The molecule has 3 nitrogen and oxygen atoms in total. The fraction of sp³-hybridized carbons (Fsp3) is 0. The molecule has 2 heterocycles. The maximum absolute atomic E-state index is 13.3. The number of aromatic nitrogens is 3. The third kappa shape index (κ3) is 2.85. The van der Waals surface area contributed by atoms with Crippen molar-refractivity contribution in [2.45, 2.75) is 0 Å². The summed E-state index contributed by atoms with van der Waals surface area (Å²) in [5, 5.41) is 0. The van der Waals surface area contributed by atoms with E-state index in [9.17, 15) is 4.39 Å². The molecule has 5 rings (SSSR count). The lowest BCUT2D eigenvalue weighted by Gasteiger charge is -2.11. The van der Waals surface area contributed by atoms with Crippen LogP contribution in [0.5, 0.6) is 0 Å². The minimum atomic E-state index is -0.257. The highest BCUT2D eigenvalue weighted by Gasteiger charge is 2.15. The first kappa shape index (κ1) is 16.4. The molecule has 0 aliphatic heterocycles. The van der Waals surface area contributed by atoms with Gasteiger partial charge in [-0.05, 0) is 29.8 Å². The molecule has 0 aliphatic carbocycles. The molecule has 0 saturated heterocycles. The van der Waals surface area contributed by atoms with Gasteiger partial charge in [-0.3, -0.25) is 4.40 Å². The summed E-state index contributed by atoms with van der Waals surface area (Å²) in [6.45, 7) is 0. The standard InChI is InChI=1S/C24H16FN3/c25-20-13-11-18(12-14-20)22-15-26-24-27-23(19-9-5-2-6-10-19)21(16-28(22)24)17-7-3-1-4-8-17/h1-16H. The van der Waals surface area contributed by atoms with E-state index in [-0.39, 0.29) is 5.82 Å². The van der Waals surface area contributed by atoms with Gasteiger partial charge in [0.05, 0.1) is 17.6 Å². The van der Waals surface area contributed by atoms with Crippen molar-refractivity contribution in [1.29, 1.82) is 0 Å². The van der Waals surface area contributed by atoms with E-state index in [0.717, 1.165) is 33.6 Å². The topological polar surface area (TPSA) is 30.2 Å². The maximum atomic E-state index is 13.3. The lowest BCUT2D eigenvalue weighted by Crippen LogP contribution is -1.97. The summed E-state index contributed by atoms with van der Waals surface area (Å²) in [5.74, 6) is 0.352. The second-order valence-electron chi connectivity index (χ2n) is 6.56. The fourth-order valence-corrected chi connectivity index (χ4v) is 3.39. The van der Waals surface area contributed by atoms with Crippen molar-refractivity contribution in [1.82, 2.24) is 14.4 Å². The Morgan fingerprint density at radius 1 is 0.679 bits per heavy atom. The first-order valence-corrected chi connectivity index (χ1v) is 9.04. The molecule has 0 saturated carbocycles. The Bertz CT molecular complexity index is 1240. The number of imidazole rings is 1. The zero-order chi connectivity index (χ0) is 18.9. The number of hydrogen-bond donors (Lipinski definition) is 0. The molecule has 28 heavy (non-hydrogen) atoms. The molecule has 5 aromatic rings. The minimum Gasteiger partial charge on any atom is -0.283 e. The van der Waals surface area contributed by atoms with Gasteiger partial charge in [0.15, 0.2) is 0 Å². The van der Waals surface area contributed by atoms with E-state index in [1.165, 1.54) is 12.1 Å². The van der Waals surface area contributed by atoms with Gasteiger partial charge >= 0.3 is 0 Å². The van der Waals surface area contributed by atoms with Crippen molar-refractivity contribution in [3.05, 3.63) is 103 Å². The van der Waals surface area contributed by atoms with Crippen LogP contribution >= 0.6 is 0 Å². The summed E-state index contributed by atoms with van der Waals surface area (Å²) in [6, 6.07) is 26.7. The normalized spacial score (nSPS) is 11.0. The Kier molecular flexibility index (Phi) is 3.95. The molecule has 4 heteroatoms. The maximum Gasteiger partial charge on any atom is 0.234 e. The largest absolute Gasteiger partial charge is 0.283 e. The van der Waals surface area contributed by atoms with Gasteiger partial charge in [-0.2, -0.15) is 0 Å². The van der Waals surface area contributed by atoms with Gasteiger partial charge in [-0.1, -0.05) is 60.7 Å². The Morgan fingerprint density at radius 3 is 2.00 bits per heavy atom. The van der Waals surface area contributed by atoms with Crippen LogP contribution in [0.1, 0.15) is 0 Å². The summed E-state index contributed by atoms with van der Waals surface area (Å²) in [7, 11) is 0. The van der Waals surface area contributed by atoms with E-state index >= 15 is 0 Å². The van der Waals surface area contributed by atoms with E-state index in [4.69, 9.17) is 4.98 Å². The van der Waals surface area contributed by atoms with Crippen LogP contribution in [-0.4, -0.2) is 14.4 Å². The molecule has 0 N–H and O–H groups in total. The summed E-state index contributed by atoms with van der Waals surface area (Å²) in [4.78, 5) is 9.36. The second kappa shape index (κ2) is 6.74. The van der Waals surface area contributed by atoms with Crippen molar-refractivity contribution in [2.75, 3.05) is 0 Å². The Hall–Kier alpha value is -3.79. The highest BCUT2D eigenvalue weighted by molar-refractivity contribution is 5.82. The smallest absolute Gasteiger partial charge is 0.234 e. The molecule has 0 fully saturated rings. The van der Waals surface area contributed by atoms with Crippen LogP contribution in [0, 0.1) is 5.82 Å². The number of rotatable bonds is 3. The first-order chi connectivity index (χ1) is 13.8. The van der Waals surface area contributed by atoms with Crippen LogP contribution in [0.3, 0.4) is 0 Å². The van der Waals surface area contributed by atoms with Gasteiger partial charge in [0.25, 0.3) is 0 Å². The lowest BCUT2D eigenvalue weighted by atomic mass is 10.0. The van der Waals surface area contributed by atoms with Gasteiger partial charge in [-0.15, -0.1) is 0 Å². The number of benzene rings is 3. The van der Waals surface area contributed by atoms with Gasteiger partial charge in [0.1, 0.15) is 5.82 Å². The van der Waals surface area contributed by atoms with Crippen molar-refractivity contribution >= 4 is 5.78 Å². The molecule has 0 atom stereocenters. The van der Waals surface area contributed by atoms with Crippen LogP contribution < -0.4 is 0 Å². The molecule has 0 amide bonds. The molecule has 2 aromatic heterocycles. The fourth-order valence-electron chi connectivity index (χ4n) is 3.39. The summed E-state index contributed by atoms with van der Waals surface area (Å²) < 4.78 is 15.3. The van der Waals surface area contributed by atoms with Gasteiger partial charge < -0.3 is 0 Å². The van der Waals surface area contributed by atoms with Gasteiger partial charge in [0.2, 0.25) is 5.78 Å². The molecular weight excluding hydrogens is 349 g/mol. The predicted molar refractivity (Wildman–Crippen MR) is 109 cm³/mol. The summed E-state index contributed by atoms with van der Waals surface area (Å²) in [6.07, 6.45) is 3.84. The van der Waals surface area contributed by atoms with Crippen molar-refractivity contribution in [3.63, 3.8) is 0 Å². The second-order valence-corrected chi connectivity index (χ2v) is 6.56. The van der Waals surface area contributed by atoms with E-state index in [2.05, 4.69) is 35.4 Å². The molecule has 0 radical (unpaired) electrons. The van der Waals surface area contributed by atoms with Gasteiger partial charge in [0, 0.05) is 22.9 Å². The third-order valence-corrected chi connectivity index (χ3v) is 4.77. The molecule has 0 spiro atoms. The predicted octanol–water partition coefficient (Wildman–Crippen LogP) is 5.87. The zero-order valence-electron chi connectivity index (χ0n) is 15.0. The molecule has 0 bridgehead atoms. The molecule has 0 aliphatic rings. The molecule has 0 unspecified atom stereocenters. The van der Waals surface area contributed by atoms with Crippen molar-refractivity contribution < 1.29 is 4.39 Å². The van der Waals surface area contributed by atoms with E-state index in [0.29, 0.717) is 5.78 Å². The Balaban J connectivity index is 1.78. The summed E-state index contributed by atoms with van der Waals surface area (Å²) >= 11 is 0. The molecule has 134 valence electrons. The van der Waals surface area contributed by atoms with Crippen LogP contribution in [-0.2, 0) is 0 Å². The minimum absolute atomic E-state index is 0.257. The average molecular weight is 365 g/mol. The molecule has 3 aromatic carbocycles. The lowest BCUT2D eigenvalue weighted by molar-refractivity contribution is 0.628. The van der Waals surface area contributed by atoms with E-state index in [1.807, 2.05) is 40.8 Å². The average Bonchev–Trinajstić information content (AvgIpc) is 3.18. The van der Waals surface area contributed by atoms with E-state index < -0.39 is 0 Å². The van der Waals surface area contributed by atoms with Crippen molar-refractivity contribution in [3.8, 4) is 33.6 Å². The summed E-state index contributed by atoms with van der Waals surface area (Å²) in [5.41, 5.74) is 5.78. The number of nitrogens with zero attached hydrogens (tertiary/aromatic N) is 3. The third-order valence-electron chi connectivity index (χ3n) is 4.77. The van der Waals surface area contributed by atoms with Crippen LogP contribution in [0.2, 0.25) is 0 Å². The number of halogens is 1. The zero-order valence-corrected chi connectivity index (χ0v) is 15.0.